The van der Waals surface area contributed by atoms with Gasteiger partial charge in [-0.15, -0.1) is 11.6 Å². The van der Waals surface area contributed by atoms with Crippen LogP contribution in [0.3, 0.4) is 0 Å². The maximum atomic E-state index is 12.2. The quantitative estimate of drug-likeness (QED) is 0.754. The fraction of sp³-hybridized carbons (Fsp3) is 0.500. The van der Waals surface area contributed by atoms with E-state index in [0.717, 1.165) is 18.4 Å². The molecule has 18 heavy (non-hydrogen) atoms. The smallest absolute Gasteiger partial charge is 0.207 e. The molecular weight excluding hydrogens is 293 g/mol. The molecule has 0 bridgehead atoms. The summed E-state index contributed by atoms with van der Waals surface area (Å²) in [7, 11) is -1.88. The molecule has 0 unspecified atom stereocenters. The lowest BCUT2D eigenvalue weighted by molar-refractivity contribution is 0.459. The highest BCUT2D eigenvalue weighted by molar-refractivity contribution is 7.89. The Morgan fingerprint density at radius 1 is 1.33 bits per heavy atom. The number of nitrogens with zero attached hydrogens (tertiary/aromatic N) is 1. The summed E-state index contributed by atoms with van der Waals surface area (Å²) in [5.74, 6) is 0.269. The molecule has 1 aromatic rings. The first-order valence-electron chi connectivity index (χ1n) is 5.74. The van der Waals surface area contributed by atoms with Crippen LogP contribution in [-0.2, 0) is 15.9 Å². The van der Waals surface area contributed by atoms with Crippen LogP contribution in [0.15, 0.2) is 23.1 Å². The zero-order valence-electron chi connectivity index (χ0n) is 10.5. The minimum absolute atomic E-state index is 0.208. The number of sulfonamides is 1. The number of hydrogen-bond acceptors (Lipinski definition) is 2. The predicted octanol–water partition coefficient (Wildman–Crippen LogP) is 3.50. The van der Waals surface area contributed by atoms with Gasteiger partial charge in [0.25, 0.3) is 0 Å². The van der Waals surface area contributed by atoms with E-state index >= 15 is 0 Å². The van der Waals surface area contributed by atoms with E-state index in [2.05, 4.69) is 0 Å². The molecule has 0 atom stereocenters. The average molecular weight is 310 g/mol. The highest BCUT2D eigenvalue weighted by Crippen LogP contribution is 2.24. The Balaban J connectivity index is 3.01. The molecule has 0 aliphatic rings. The van der Waals surface area contributed by atoms with Crippen LogP contribution in [0.5, 0.6) is 0 Å². The molecule has 0 fully saturated rings. The summed E-state index contributed by atoms with van der Waals surface area (Å²) >= 11 is 11.7. The summed E-state index contributed by atoms with van der Waals surface area (Å²) in [6, 6.07) is 4.65. The Kier molecular flexibility index (Phi) is 5.92. The van der Waals surface area contributed by atoms with Crippen molar-refractivity contribution in [2.24, 2.45) is 0 Å². The summed E-state index contributed by atoms with van der Waals surface area (Å²) < 4.78 is 25.8. The molecular formula is C12H17Cl2NO2S. The summed E-state index contributed by atoms with van der Waals surface area (Å²) in [4.78, 5) is 0.208. The number of alkyl halides is 1. The zero-order valence-corrected chi connectivity index (χ0v) is 12.8. The number of benzene rings is 1. The van der Waals surface area contributed by atoms with Crippen LogP contribution in [0.25, 0.3) is 0 Å². The lowest BCUT2D eigenvalue weighted by atomic mass is 10.2. The molecule has 0 N–H and O–H groups in total. The summed E-state index contributed by atoms with van der Waals surface area (Å²) in [6.07, 6.45) is 1.79. The second kappa shape index (κ2) is 6.75. The van der Waals surface area contributed by atoms with Gasteiger partial charge in [0.15, 0.2) is 0 Å². The molecule has 0 saturated carbocycles. The van der Waals surface area contributed by atoms with Gasteiger partial charge < -0.3 is 0 Å². The molecule has 1 rings (SSSR count). The third-order valence-electron chi connectivity index (χ3n) is 2.70. The van der Waals surface area contributed by atoms with Crippen LogP contribution in [0, 0.1) is 0 Å². The Morgan fingerprint density at radius 2 is 2.00 bits per heavy atom. The SMILES string of the molecule is CCCCN(C)S(=O)(=O)c1ccc(CCl)c(Cl)c1. The molecule has 0 aliphatic carbocycles. The van der Waals surface area contributed by atoms with Crippen LogP contribution in [-0.4, -0.2) is 26.3 Å². The molecule has 0 amide bonds. The van der Waals surface area contributed by atoms with E-state index in [9.17, 15) is 8.42 Å². The van der Waals surface area contributed by atoms with Crippen LogP contribution in [0.1, 0.15) is 25.3 Å². The maximum absolute atomic E-state index is 12.2. The van der Waals surface area contributed by atoms with E-state index < -0.39 is 10.0 Å². The average Bonchev–Trinajstić information content (AvgIpc) is 2.35. The first-order chi connectivity index (χ1) is 8.43. The van der Waals surface area contributed by atoms with Crippen LogP contribution in [0.2, 0.25) is 5.02 Å². The molecule has 0 radical (unpaired) electrons. The molecule has 0 saturated heterocycles. The van der Waals surface area contributed by atoms with Crippen molar-refractivity contribution in [1.82, 2.24) is 4.31 Å². The van der Waals surface area contributed by atoms with Crippen molar-refractivity contribution in [2.45, 2.75) is 30.5 Å². The lowest BCUT2D eigenvalue weighted by Gasteiger charge is -2.17. The predicted molar refractivity (Wildman–Crippen MR) is 75.7 cm³/mol. The first kappa shape index (κ1) is 15.8. The fourth-order valence-electron chi connectivity index (χ4n) is 1.48. The molecule has 102 valence electrons. The number of rotatable bonds is 6. The first-order valence-corrected chi connectivity index (χ1v) is 8.09. The van der Waals surface area contributed by atoms with Crippen LogP contribution < -0.4 is 0 Å². The maximum Gasteiger partial charge on any atom is 0.242 e. The van der Waals surface area contributed by atoms with Gasteiger partial charge in [-0.1, -0.05) is 31.0 Å². The number of unbranched alkanes of at least 4 members (excludes halogenated alkanes) is 1. The Hall–Kier alpha value is -0.290. The lowest BCUT2D eigenvalue weighted by Crippen LogP contribution is -2.27. The van der Waals surface area contributed by atoms with Gasteiger partial charge in [-0.3, -0.25) is 0 Å². The second-order valence-electron chi connectivity index (χ2n) is 4.07. The Bertz CT molecular complexity index is 503. The van der Waals surface area contributed by atoms with E-state index in [1.54, 1.807) is 19.2 Å². The molecule has 6 heteroatoms. The van der Waals surface area contributed by atoms with Crippen molar-refractivity contribution in [3.63, 3.8) is 0 Å². The van der Waals surface area contributed by atoms with E-state index in [4.69, 9.17) is 23.2 Å². The second-order valence-corrected chi connectivity index (χ2v) is 6.79. The molecule has 0 aromatic heterocycles. The van der Waals surface area contributed by atoms with Crippen molar-refractivity contribution < 1.29 is 8.42 Å². The standard InChI is InChI=1S/C12H17Cl2NO2S/c1-3-4-7-15(2)18(16,17)11-6-5-10(9-13)12(14)8-11/h5-6,8H,3-4,7,9H2,1-2H3. The van der Waals surface area contributed by atoms with Crippen molar-refractivity contribution in [3.05, 3.63) is 28.8 Å². The van der Waals surface area contributed by atoms with Gasteiger partial charge in [-0.2, -0.15) is 0 Å². The van der Waals surface area contributed by atoms with E-state index in [0.29, 0.717) is 11.6 Å². The van der Waals surface area contributed by atoms with E-state index in [1.165, 1.54) is 10.4 Å². The largest absolute Gasteiger partial charge is 0.242 e. The van der Waals surface area contributed by atoms with Crippen LogP contribution in [0.4, 0.5) is 0 Å². The zero-order chi connectivity index (χ0) is 13.8. The van der Waals surface area contributed by atoms with Gasteiger partial charge in [-0.05, 0) is 24.1 Å². The highest BCUT2D eigenvalue weighted by Gasteiger charge is 2.20. The third-order valence-corrected chi connectivity index (χ3v) is 5.20. The summed E-state index contributed by atoms with van der Waals surface area (Å²) in [5.41, 5.74) is 0.730. The highest BCUT2D eigenvalue weighted by atomic mass is 35.5. The van der Waals surface area contributed by atoms with E-state index in [-0.39, 0.29) is 10.8 Å². The number of hydrogen-bond donors (Lipinski definition) is 0. The van der Waals surface area contributed by atoms with E-state index in [1.807, 2.05) is 6.92 Å². The monoisotopic (exact) mass is 309 g/mol. The van der Waals surface area contributed by atoms with Gasteiger partial charge >= 0.3 is 0 Å². The van der Waals surface area contributed by atoms with Crippen molar-refractivity contribution >= 4 is 33.2 Å². The van der Waals surface area contributed by atoms with Gasteiger partial charge in [0.05, 0.1) is 4.90 Å². The van der Waals surface area contributed by atoms with Crippen molar-refractivity contribution in [3.8, 4) is 0 Å². The summed E-state index contributed by atoms with van der Waals surface area (Å²) in [5, 5.41) is 0.384. The molecule has 3 nitrogen and oxygen atoms in total. The van der Waals surface area contributed by atoms with Crippen molar-refractivity contribution in [1.29, 1.82) is 0 Å². The minimum Gasteiger partial charge on any atom is -0.207 e. The van der Waals surface area contributed by atoms with Gasteiger partial charge in [0.2, 0.25) is 10.0 Å². The Labute approximate surface area is 119 Å². The topological polar surface area (TPSA) is 37.4 Å². The van der Waals surface area contributed by atoms with Crippen molar-refractivity contribution in [2.75, 3.05) is 13.6 Å². The fourth-order valence-corrected chi connectivity index (χ4v) is 3.33. The summed E-state index contributed by atoms with van der Waals surface area (Å²) in [6.45, 7) is 2.53. The molecule has 0 heterocycles. The number of halogens is 2. The third kappa shape index (κ3) is 3.60. The van der Waals surface area contributed by atoms with Gasteiger partial charge in [-0.25, -0.2) is 12.7 Å². The van der Waals surface area contributed by atoms with Gasteiger partial charge in [0, 0.05) is 24.5 Å². The molecule has 1 aromatic carbocycles. The molecule has 0 spiro atoms. The van der Waals surface area contributed by atoms with Gasteiger partial charge in [0.1, 0.15) is 0 Å². The molecule has 0 aliphatic heterocycles. The minimum atomic E-state index is -3.45. The normalized spacial score (nSPS) is 12.1. The van der Waals surface area contributed by atoms with Crippen LogP contribution >= 0.6 is 23.2 Å². The Morgan fingerprint density at radius 3 is 2.50 bits per heavy atom.